The molecule has 34 heavy (non-hydrogen) atoms. The number of aryl methyl sites for hydroxylation is 1. The molecule has 168 valence electrons. The fourth-order valence-electron chi connectivity index (χ4n) is 4.00. The third-order valence-corrected chi connectivity index (χ3v) is 6.57. The van der Waals surface area contributed by atoms with Crippen molar-refractivity contribution in [2.75, 3.05) is 7.11 Å². The summed E-state index contributed by atoms with van der Waals surface area (Å²) in [6.07, 6.45) is 0. The van der Waals surface area contributed by atoms with Crippen LogP contribution in [0.1, 0.15) is 22.8 Å². The van der Waals surface area contributed by atoms with Gasteiger partial charge in [0.1, 0.15) is 33.9 Å². The van der Waals surface area contributed by atoms with Gasteiger partial charge in [0.05, 0.1) is 24.1 Å². The number of rotatable bonds is 4. The van der Waals surface area contributed by atoms with Crippen LogP contribution in [-0.2, 0) is 0 Å². The highest BCUT2D eigenvalue weighted by molar-refractivity contribution is 7.99. The second-order valence-electron chi connectivity index (χ2n) is 7.70. The summed E-state index contributed by atoms with van der Waals surface area (Å²) in [7, 11) is 1.59. The van der Waals surface area contributed by atoms with E-state index in [4.69, 9.17) is 24.6 Å². The zero-order valence-corrected chi connectivity index (χ0v) is 19.2. The number of nitriles is 1. The van der Waals surface area contributed by atoms with Gasteiger partial charge in [0.15, 0.2) is 0 Å². The van der Waals surface area contributed by atoms with Crippen molar-refractivity contribution in [2.24, 2.45) is 5.73 Å². The number of pyridine rings is 1. The van der Waals surface area contributed by atoms with Gasteiger partial charge in [-0.05, 0) is 48.9 Å². The number of benzene rings is 2. The average molecular weight is 470 g/mol. The molecule has 1 atom stereocenters. The molecule has 1 aliphatic rings. The van der Waals surface area contributed by atoms with Crippen LogP contribution in [0.3, 0.4) is 0 Å². The molecule has 1 aliphatic heterocycles. The van der Waals surface area contributed by atoms with E-state index in [0.717, 1.165) is 15.8 Å². The summed E-state index contributed by atoms with van der Waals surface area (Å²) in [5.74, 6) is 0.473. The molecule has 0 fully saturated rings. The molecule has 3 heterocycles. The standard InChI is InChI=1S/C26H19N3O4S/c1-14-10-21-23(26(30)32-14)22(19(13-27)24(28)33-21)18-12-15-11-16(31-2)8-9-20(15)29-25(18)34-17-6-4-3-5-7-17/h3-12,22H,28H2,1-2H3. The third kappa shape index (κ3) is 3.76. The second-order valence-corrected chi connectivity index (χ2v) is 8.77. The highest BCUT2D eigenvalue weighted by atomic mass is 32.2. The Morgan fingerprint density at radius 1 is 1.15 bits per heavy atom. The maximum Gasteiger partial charge on any atom is 0.343 e. The first-order valence-electron chi connectivity index (χ1n) is 10.4. The van der Waals surface area contributed by atoms with Crippen molar-refractivity contribution in [3.05, 3.63) is 99.4 Å². The van der Waals surface area contributed by atoms with Crippen LogP contribution in [0.25, 0.3) is 10.9 Å². The lowest BCUT2D eigenvalue weighted by Gasteiger charge is -2.26. The Morgan fingerprint density at radius 3 is 2.68 bits per heavy atom. The molecule has 2 aromatic heterocycles. The lowest BCUT2D eigenvalue weighted by atomic mass is 9.84. The van der Waals surface area contributed by atoms with E-state index in [1.165, 1.54) is 11.8 Å². The minimum atomic E-state index is -0.806. The minimum absolute atomic E-state index is 0.0496. The summed E-state index contributed by atoms with van der Waals surface area (Å²) in [5, 5.41) is 11.4. The van der Waals surface area contributed by atoms with Gasteiger partial charge in [0, 0.05) is 16.3 Å². The number of ether oxygens (including phenoxy) is 2. The van der Waals surface area contributed by atoms with Gasteiger partial charge < -0.3 is 19.6 Å². The topological polar surface area (TPSA) is 111 Å². The Bertz CT molecular complexity index is 1550. The summed E-state index contributed by atoms with van der Waals surface area (Å²) >= 11 is 1.44. The molecular weight excluding hydrogens is 450 g/mol. The first-order chi connectivity index (χ1) is 16.5. The Morgan fingerprint density at radius 2 is 1.94 bits per heavy atom. The van der Waals surface area contributed by atoms with Crippen molar-refractivity contribution in [1.82, 2.24) is 4.98 Å². The minimum Gasteiger partial charge on any atom is -0.497 e. The Labute approximate surface area is 199 Å². The predicted molar refractivity (Wildman–Crippen MR) is 128 cm³/mol. The lowest BCUT2D eigenvalue weighted by molar-refractivity contribution is 0.371. The van der Waals surface area contributed by atoms with Gasteiger partial charge in [-0.15, -0.1) is 0 Å². The highest BCUT2D eigenvalue weighted by Gasteiger charge is 2.36. The van der Waals surface area contributed by atoms with Crippen LogP contribution >= 0.6 is 11.8 Å². The number of nitrogens with zero attached hydrogens (tertiary/aromatic N) is 2. The van der Waals surface area contributed by atoms with Gasteiger partial charge in [-0.25, -0.2) is 9.78 Å². The van der Waals surface area contributed by atoms with Crippen LogP contribution in [0.2, 0.25) is 0 Å². The molecule has 0 saturated carbocycles. The van der Waals surface area contributed by atoms with Gasteiger partial charge in [0.2, 0.25) is 5.88 Å². The first-order valence-corrected chi connectivity index (χ1v) is 11.2. The van der Waals surface area contributed by atoms with Gasteiger partial charge in [-0.2, -0.15) is 5.26 Å². The number of allylic oxidation sites excluding steroid dienone is 1. The Kier molecular flexibility index (Phi) is 5.48. The van der Waals surface area contributed by atoms with Crippen molar-refractivity contribution >= 4 is 22.7 Å². The number of hydrogen-bond acceptors (Lipinski definition) is 8. The Balaban J connectivity index is 1.81. The lowest BCUT2D eigenvalue weighted by Crippen LogP contribution is -2.26. The molecular formula is C26H19N3O4S. The SMILES string of the molecule is COc1ccc2nc(Sc3ccccc3)c(C3C(C#N)=C(N)Oc4cc(C)oc(=O)c43)cc2c1. The summed E-state index contributed by atoms with van der Waals surface area (Å²) in [6.45, 7) is 1.65. The van der Waals surface area contributed by atoms with Gasteiger partial charge in [-0.1, -0.05) is 30.0 Å². The number of methoxy groups -OCH3 is 1. The zero-order chi connectivity index (χ0) is 23.8. The molecule has 0 aliphatic carbocycles. The van der Waals surface area contributed by atoms with Crippen LogP contribution in [-0.4, -0.2) is 12.1 Å². The molecule has 8 heteroatoms. The fourth-order valence-corrected chi connectivity index (χ4v) is 4.95. The zero-order valence-electron chi connectivity index (χ0n) is 18.4. The van der Waals surface area contributed by atoms with Crippen LogP contribution in [0.15, 0.2) is 91.3 Å². The molecule has 2 N–H and O–H groups in total. The van der Waals surface area contributed by atoms with Gasteiger partial charge in [-0.3, -0.25) is 0 Å². The van der Waals surface area contributed by atoms with E-state index in [0.29, 0.717) is 22.1 Å². The monoisotopic (exact) mass is 469 g/mol. The van der Waals surface area contributed by atoms with Crippen molar-refractivity contribution < 1.29 is 13.9 Å². The first kappa shape index (κ1) is 21.6. The molecule has 7 nitrogen and oxygen atoms in total. The van der Waals surface area contributed by atoms with Crippen LogP contribution < -0.4 is 20.8 Å². The largest absolute Gasteiger partial charge is 0.497 e. The molecule has 0 spiro atoms. The van der Waals surface area contributed by atoms with Crippen LogP contribution in [0, 0.1) is 18.3 Å². The number of aromatic nitrogens is 1. The maximum absolute atomic E-state index is 13.0. The second kappa shape index (κ2) is 8.61. The van der Waals surface area contributed by atoms with Crippen LogP contribution in [0.5, 0.6) is 11.5 Å². The average Bonchev–Trinajstić information content (AvgIpc) is 2.83. The van der Waals surface area contributed by atoms with Gasteiger partial charge in [0.25, 0.3) is 0 Å². The van der Waals surface area contributed by atoms with Gasteiger partial charge >= 0.3 is 5.63 Å². The fraction of sp³-hybridized carbons (Fsp3) is 0.115. The predicted octanol–water partition coefficient (Wildman–Crippen LogP) is 4.87. The summed E-state index contributed by atoms with van der Waals surface area (Å²) in [4.78, 5) is 18.9. The van der Waals surface area contributed by atoms with Crippen molar-refractivity contribution in [3.63, 3.8) is 0 Å². The van der Waals surface area contributed by atoms with Crippen molar-refractivity contribution in [2.45, 2.75) is 22.8 Å². The normalized spacial score (nSPS) is 14.9. The van der Waals surface area contributed by atoms with Crippen molar-refractivity contribution in [1.29, 1.82) is 5.26 Å². The smallest absolute Gasteiger partial charge is 0.343 e. The van der Waals surface area contributed by atoms with E-state index < -0.39 is 11.5 Å². The molecule has 0 radical (unpaired) electrons. The van der Waals surface area contributed by atoms with E-state index in [1.54, 1.807) is 20.1 Å². The highest BCUT2D eigenvalue weighted by Crippen LogP contribution is 2.45. The summed E-state index contributed by atoms with van der Waals surface area (Å²) in [5.41, 5.74) is 7.31. The number of hydrogen-bond donors (Lipinski definition) is 1. The van der Waals surface area contributed by atoms with E-state index in [9.17, 15) is 10.1 Å². The molecule has 4 aromatic rings. The summed E-state index contributed by atoms with van der Waals surface area (Å²) < 4.78 is 16.4. The molecule has 0 saturated heterocycles. The van der Waals surface area contributed by atoms with Crippen molar-refractivity contribution in [3.8, 4) is 17.6 Å². The van der Waals surface area contributed by atoms with Crippen LogP contribution in [0.4, 0.5) is 0 Å². The molecule has 5 rings (SSSR count). The van der Waals surface area contributed by atoms with E-state index in [1.807, 2.05) is 54.6 Å². The molecule has 0 amide bonds. The molecule has 2 aromatic carbocycles. The van der Waals surface area contributed by atoms with E-state index in [-0.39, 0.29) is 22.8 Å². The third-order valence-electron chi connectivity index (χ3n) is 5.54. The Hall–Kier alpha value is -4.22. The van der Waals surface area contributed by atoms with E-state index in [2.05, 4.69) is 6.07 Å². The quantitative estimate of drug-likeness (QED) is 0.450. The maximum atomic E-state index is 13.0. The summed E-state index contributed by atoms with van der Waals surface area (Å²) in [6, 6.07) is 21.0. The molecule has 1 unspecified atom stereocenters. The van der Waals surface area contributed by atoms with E-state index >= 15 is 0 Å². The number of fused-ring (bicyclic) bond motifs is 2. The molecule has 0 bridgehead atoms. The number of nitrogens with two attached hydrogens (primary N) is 1.